The lowest BCUT2D eigenvalue weighted by Gasteiger charge is -2.17. The zero-order valence-corrected chi connectivity index (χ0v) is 11.8. The molecule has 0 radical (unpaired) electrons. The third-order valence-corrected chi connectivity index (χ3v) is 3.77. The van der Waals surface area contributed by atoms with E-state index in [9.17, 15) is 9.59 Å². The van der Waals surface area contributed by atoms with Gasteiger partial charge in [-0.05, 0) is 18.2 Å². The summed E-state index contributed by atoms with van der Waals surface area (Å²) in [5, 5.41) is 8.79. The highest BCUT2D eigenvalue weighted by molar-refractivity contribution is 6.00. The van der Waals surface area contributed by atoms with Gasteiger partial charge in [-0.15, -0.1) is 0 Å². The molecule has 22 heavy (non-hydrogen) atoms. The highest BCUT2D eigenvalue weighted by Gasteiger charge is 2.37. The molecule has 2 atom stereocenters. The van der Waals surface area contributed by atoms with Crippen molar-refractivity contribution in [2.75, 3.05) is 0 Å². The number of hydrogen-bond donors (Lipinski definition) is 0. The van der Waals surface area contributed by atoms with E-state index in [1.54, 1.807) is 37.3 Å². The number of esters is 1. The van der Waals surface area contributed by atoms with Gasteiger partial charge in [0.1, 0.15) is 6.10 Å². The van der Waals surface area contributed by atoms with Crippen molar-refractivity contribution in [3.63, 3.8) is 0 Å². The molecule has 0 spiro atoms. The fraction of sp³-hybridized carbons (Fsp3) is 0.167. The van der Waals surface area contributed by atoms with Crippen molar-refractivity contribution in [2.45, 2.75) is 13.0 Å². The quantitative estimate of drug-likeness (QED) is 0.643. The van der Waals surface area contributed by atoms with Gasteiger partial charge in [-0.2, -0.15) is 5.26 Å². The van der Waals surface area contributed by atoms with Gasteiger partial charge < -0.3 is 4.74 Å². The Balaban J connectivity index is 1.88. The fourth-order valence-electron chi connectivity index (χ4n) is 2.53. The summed E-state index contributed by atoms with van der Waals surface area (Å²) in [6.07, 6.45) is -0.614. The third kappa shape index (κ3) is 2.21. The van der Waals surface area contributed by atoms with Crippen LogP contribution in [0.2, 0.25) is 0 Å². The Morgan fingerprint density at radius 2 is 1.95 bits per heavy atom. The van der Waals surface area contributed by atoms with Crippen LogP contribution in [-0.4, -0.2) is 11.8 Å². The fourth-order valence-corrected chi connectivity index (χ4v) is 2.53. The Bertz CT molecular complexity index is 787. The Morgan fingerprint density at radius 3 is 2.64 bits per heavy atom. The summed E-state index contributed by atoms with van der Waals surface area (Å²) < 4.78 is 5.33. The van der Waals surface area contributed by atoms with E-state index in [2.05, 4.69) is 12.1 Å². The standard InChI is InChI=1S/C18H11NO3/c1-11(16(20)13-8-6-12(10-19)7-9-13)17-14-4-2-3-5-15(14)18(21)22-17/h4-9,11,17H,1H3. The van der Waals surface area contributed by atoms with Crippen LogP contribution < -0.4 is 0 Å². The molecule has 4 nitrogen and oxygen atoms in total. The summed E-state index contributed by atoms with van der Waals surface area (Å²) in [5.74, 6) is -1.10. The van der Waals surface area contributed by atoms with Gasteiger partial charge in [0.05, 0.1) is 23.1 Å². The molecule has 0 fully saturated rings. The molecule has 2 aromatic rings. The van der Waals surface area contributed by atoms with E-state index in [0.717, 1.165) is 0 Å². The molecule has 1 aliphatic rings. The number of cyclic esters (lactones) is 1. The van der Waals surface area contributed by atoms with Gasteiger partial charge in [0.25, 0.3) is 0 Å². The van der Waals surface area contributed by atoms with Crippen molar-refractivity contribution in [1.82, 2.24) is 0 Å². The summed E-state index contributed by atoms with van der Waals surface area (Å²) in [7, 11) is 0. The minimum atomic E-state index is -0.614. The summed E-state index contributed by atoms with van der Waals surface area (Å²) in [6, 6.07) is 17.1. The first-order valence-corrected chi connectivity index (χ1v) is 6.79. The van der Waals surface area contributed by atoms with Crippen molar-refractivity contribution < 1.29 is 14.3 Å². The monoisotopic (exact) mass is 289 g/mol. The summed E-state index contributed by atoms with van der Waals surface area (Å²) in [4.78, 5) is 24.4. The predicted molar refractivity (Wildman–Crippen MR) is 76.9 cm³/mol. The van der Waals surface area contributed by atoms with Gasteiger partial charge >= 0.3 is 5.97 Å². The van der Waals surface area contributed by atoms with Gasteiger partial charge in [0.15, 0.2) is 5.78 Å². The molecule has 0 saturated heterocycles. The molecule has 1 aliphatic heterocycles. The number of nitriles is 1. The average Bonchev–Trinajstić information content (AvgIpc) is 2.91. The topological polar surface area (TPSA) is 67.2 Å². The zero-order chi connectivity index (χ0) is 15.7. The lowest BCUT2D eigenvalue weighted by Crippen LogP contribution is -2.20. The van der Waals surface area contributed by atoms with Crippen molar-refractivity contribution in [2.24, 2.45) is 5.92 Å². The molecular formula is C18H11NO3. The van der Waals surface area contributed by atoms with Crippen LogP contribution in [0.1, 0.15) is 44.9 Å². The molecule has 0 saturated carbocycles. The highest BCUT2D eigenvalue weighted by Crippen LogP contribution is 2.36. The van der Waals surface area contributed by atoms with Crippen LogP contribution in [0.4, 0.5) is 0 Å². The van der Waals surface area contributed by atoms with E-state index >= 15 is 0 Å². The van der Waals surface area contributed by atoms with E-state index in [0.29, 0.717) is 22.3 Å². The normalized spacial score (nSPS) is 16.9. The molecule has 3 rings (SSSR count). The number of Topliss-reactive ketones (excluding diaryl/α,β-unsaturated/α-hetero) is 1. The minimum absolute atomic E-state index is 0.136. The van der Waals surface area contributed by atoms with E-state index in [1.807, 2.05) is 6.07 Å². The number of hydrogen-bond acceptors (Lipinski definition) is 4. The first-order chi connectivity index (χ1) is 10.6. The summed E-state index contributed by atoms with van der Waals surface area (Å²) >= 11 is 0. The van der Waals surface area contributed by atoms with Crippen LogP contribution in [-0.2, 0) is 4.74 Å². The lowest BCUT2D eigenvalue weighted by atomic mass is 9.89. The molecular weight excluding hydrogens is 278 g/mol. The molecule has 0 aliphatic carbocycles. The number of rotatable bonds is 3. The van der Waals surface area contributed by atoms with Crippen molar-refractivity contribution >= 4 is 11.8 Å². The third-order valence-electron chi connectivity index (χ3n) is 3.77. The van der Waals surface area contributed by atoms with E-state index in [1.165, 1.54) is 6.07 Å². The number of ketones is 1. The van der Waals surface area contributed by atoms with Gasteiger partial charge in [0, 0.05) is 17.2 Å². The number of fused-ring (bicyclic) bond motifs is 1. The number of carbonyl (C=O) groups is 2. The summed E-state index contributed by atoms with van der Waals surface area (Å²) in [5.41, 5.74) is 2.08. The van der Waals surface area contributed by atoms with Crippen molar-refractivity contribution in [3.8, 4) is 6.07 Å². The van der Waals surface area contributed by atoms with E-state index < -0.39 is 18.0 Å². The first kappa shape index (κ1) is 13.9. The maximum absolute atomic E-state index is 12.6. The van der Waals surface area contributed by atoms with Crippen LogP contribution >= 0.6 is 0 Å². The van der Waals surface area contributed by atoms with Gasteiger partial charge in [-0.1, -0.05) is 31.2 Å². The average molecular weight is 289 g/mol. The van der Waals surface area contributed by atoms with Crippen molar-refractivity contribution in [1.29, 1.82) is 5.26 Å². The Kier molecular flexibility index (Phi) is 3.37. The number of ether oxygens (including phenoxy) is 1. The van der Waals surface area contributed by atoms with Crippen LogP contribution in [0.25, 0.3) is 0 Å². The lowest BCUT2D eigenvalue weighted by molar-refractivity contribution is 0.0261. The van der Waals surface area contributed by atoms with E-state index in [4.69, 9.17) is 10.00 Å². The SMILES string of the molecule is CC(C(=O)c1ccc(C#N)cc1)C1OC(=O)c2cc#ccc21. The maximum Gasteiger partial charge on any atom is 0.339 e. The maximum atomic E-state index is 12.6. The van der Waals surface area contributed by atoms with Crippen LogP contribution in [0.5, 0.6) is 0 Å². The minimum Gasteiger partial charge on any atom is -0.453 e. The van der Waals surface area contributed by atoms with E-state index in [-0.39, 0.29) is 5.78 Å². The molecule has 106 valence electrons. The van der Waals surface area contributed by atoms with Crippen LogP contribution in [0.15, 0.2) is 36.4 Å². The smallest absolute Gasteiger partial charge is 0.339 e. The van der Waals surface area contributed by atoms with Crippen molar-refractivity contribution in [3.05, 3.63) is 70.8 Å². The van der Waals surface area contributed by atoms with Gasteiger partial charge in [-0.3, -0.25) is 4.79 Å². The predicted octanol–water partition coefficient (Wildman–Crippen LogP) is 2.89. The Labute approximate surface area is 128 Å². The molecule has 2 aromatic carbocycles. The molecule has 0 N–H and O–H groups in total. The molecule has 0 bridgehead atoms. The molecule has 1 heterocycles. The second kappa shape index (κ2) is 5.35. The molecule has 2 unspecified atom stereocenters. The van der Waals surface area contributed by atoms with Crippen LogP contribution in [0, 0.1) is 29.4 Å². The van der Waals surface area contributed by atoms with Crippen LogP contribution in [0.3, 0.4) is 0 Å². The number of benzene rings is 1. The summed E-state index contributed by atoms with van der Waals surface area (Å²) in [6.45, 7) is 1.73. The first-order valence-electron chi connectivity index (χ1n) is 6.79. The Morgan fingerprint density at radius 1 is 1.27 bits per heavy atom. The number of nitrogens with zero attached hydrogens (tertiary/aromatic N) is 1. The number of carbonyl (C=O) groups excluding carboxylic acids is 2. The highest BCUT2D eigenvalue weighted by atomic mass is 16.5. The Hall–Kier alpha value is -3.11. The second-order valence-electron chi connectivity index (χ2n) is 5.11. The van der Waals surface area contributed by atoms with Gasteiger partial charge in [0.2, 0.25) is 0 Å². The molecule has 0 amide bonds. The second-order valence-corrected chi connectivity index (χ2v) is 5.11. The zero-order valence-electron chi connectivity index (χ0n) is 11.8. The largest absolute Gasteiger partial charge is 0.453 e. The molecule has 0 aromatic heterocycles. The molecule has 4 heteroatoms. The van der Waals surface area contributed by atoms with Gasteiger partial charge in [-0.25, -0.2) is 4.79 Å².